The van der Waals surface area contributed by atoms with Gasteiger partial charge in [-0.15, -0.1) is 0 Å². The van der Waals surface area contributed by atoms with E-state index in [1.165, 1.54) is 0 Å². The van der Waals surface area contributed by atoms with Crippen molar-refractivity contribution in [3.05, 3.63) is 88.2 Å². The van der Waals surface area contributed by atoms with Crippen molar-refractivity contribution in [2.75, 3.05) is 0 Å². The van der Waals surface area contributed by atoms with Crippen LogP contribution >= 0.6 is 0 Å². The quantitative estimate of drug-likeness (QED) is 0.682. The second-order valence-electron chi connectivity index (χ2n) is 6.56. The molecule has 0 amide bonds. The highest BCUT2D eigenvalue weighted by atomic mass is 16.4. The highest BCUT2D eigenvalue weighted by molar-refractivity contribution is 5.57. The monoisotopic (exact) mass is 334 g/mol. The van der Waals surface area contributed by atoms with Gasteiger partial charge in [0.1, 0.15) is 11.1 Å². The normalized spacial score (nSPS) is 9.84. The van der Waals surface area contributed by atoms with Gasteiger partial charge in [-0.3, -0.25) is 0 Å². The van der Waals surface area contributed by atoms with E-state index in [0.29, 0.717) is 6.42 Å². The highest BCUT2D eigenvalue weighted by Gasteiger charge is 2.18. The molecule has 0 bridgehead atoms. The summed E-state index contributed by atoms with van der Waals surface area (Å²) in [7, 11) is 0. The standard InChI is InChI=1S/C21H22N2O2/c1-12-7-14(3)20(10-22-24)16(5)18(12)9-19-13(2)8-15(4)21(11-23-25)17(19)6/h7-8H,9H2,1-6H3. The van der Waals surface area contributed by atoms with Gasteiger partial charge in [-0.1, -0.05) is 12.1 Å². The molecule has 0 fully saturated rings. The van der Waals surface area contributed by atoms with Crippen LogP contribution in [0.25, 0.3) is 10.0 Å². The van der Waals surface area contributed by atoms with Gasteiger partial charge in [0.15, 0.2) is 0 Å². The number of nitrogens with zero attached hydrogens (tertiary/aromatic N) is 2. The van der Waals surface area contributed by atoms with Crippen LogP contribution in [0, 0.1) is 64.1 Å². The minimum absolute atomic E-state index is 0.705. The first-order chi connectivity index (χ1) is 11.8. The van der Waals surface area contributed by atoms with Gasteiger partial charge in [0.2, 0.25) is 0 Å². The third kappa shape index (κ3) is 3.44. The first-order valence-corrected chi connectivity index (χ1v) is 8.17. The SMILES string of the molecule is Cc1cc(C)c(Cc2c(C)cc(C)c(C#[N+][O-])c2C)c(C)c1C#[N+][O-]. The molecule has 25 heavy (non-hydrogen) atoms. The van der Waals surface area contributed by atoms with Gasteiger partial charge in [-0.05, 0) is 92.5 Å². The van der Waals surface area contributed by atoms with Gasteiger partial charge in [0.25, 0.3) is 0 Å². The molecule has 0 N–H and O–H groups in total. The molecule has 0 aromatic heterocycles. The van der Waals surface area contributed by atoms with Gasteiger partial charge in [0, 0.05) is 10.0 Å². The molecule has 2 aromatic carbocycles. The van der Waals surface area contributed by atoms with Crippen molar-refractivity contribution in [1.29, 1.82) is 0 Å². The fourth-order valence-electron chi connectivity index (χ4n) is 3.61. The molecule has 0 aliphatic heterocycles. The maximum absolute atomic E-state index is 10.7. The van der Waals surface area contributed by atoms with Crippen LogP contribution in [0.4, 0.5) is 0 Å². The molecule has 0 heterocycles. The summed E-state index contributed by atoms with van der Waals surface area (Å²) in [6.45, 7) is 12.0. The Hall–Kier alpha value is -2.98. The van der Waals surface area contributed by atoms with E-state index in [9.17, 15) is 10.4 Å². The molecule has 0 aliphatic rings. The molecular weight excluding hydrogens is 312 g/mol. The fraction of sp³-hybridized carbons (Fsp3) is 0.333. The van der Waals surface area contributed by atoms with Gasteiger partial charge >= 0.3 is 12.1 Å². The second-order valence-corrected chi connectivity index (χ2v) is 6.56. The van der Waals surface area contributed by atoms with E-state index in [2.05, 4.69) is 48.1 Å². The molecule has 2 rings (SSSR count). The Morgan fingerprint density at radius 1 is 0.680 bits per heavy atom. The lowest BCUT2D eigenvalue weighted by molar-refractivity contribution is 1.06. The van der Waals surface area contributed by atoms with Crippen molar-refractivity contribution < 1.29 is 0 Å². The Morgan fingerprint density at radius 3 is 1.36 bits per heavy atom. The summed E-state index contributed by atoms with van der Waals surface area (Å²) in [5, 5.41) is 27.0. The lowest BCUT2D eigenvalue weighted by atomic mass is 9.85. The third-order valence-corrected chi connectivity index (χ3v) is 4.93. The van der Waals surface area contributed by atoms with E-state index in [-0.39, 0.29) is 0 Å². The molecule has 0 saturated carbocycles. The predicted molar refractivity (Wildman–Crippen MR) is 104 cm³/mol. The van der Waals surface area contributed by atoms with Crippen LogP contribution in [0.3, 0.4) is 0 Å². The molecule has 0 atom stereocenters. The molecule has 0 unspecified atom stereocenters. The van der Waals surface area contributed by atoms with E-state index in [1.807, 2.05) is 27.7 Å². The molecule has 2 aromatic rings. The average molecular weight is 334 g/mol. The minimum Gasteiger partial charge on any atom is -0.498 e. The van der Waals surface area contributed by atoms with Crippen molar-refractivity contribution in [3.8, 4) is 12.1 Å². The van der Waals surface area contributed by atoms with Crippen molar-refractivity contribution >= 4 is 0 Å². The van der Waals surface area contributed by atoms with Crippen LogP contribution in [0.1, 0.15) is 55.6 Å². The topological polar surface area (TPSA) is 54.8 Å². The summed E-state index contributed by atoms with van der Waals surface area (Å²) in [4.78, 5) is 0. The number of benzene rings is 2. The minimum atomic E-state index is 0.705. The van der Waals surface area contributed by atoms with E-state index < -0.39 is 0 Å². The summed E-state index contributed by atoms with van der Waals surface area (Å²) < 4.78 is 0. The van der Waals surface area contributed by atoms with E-state index in [1.54, 1.807) is 0 Å². The predicted octanol–water partition coefficient (Wildman–Crippen LogP) is 5.49. The second kappa shape index (κ2) is 7.28. The van der Waals surface area contributed by atoms with E-state index >= 15 is 0 Å². The summed E-state index contributed by atoms with van der Waals surface area (Å²) in [6.07, 6.45) is 0.705. The Balaban J connectivity index is 2.68. The first-order valence-electron chi connectivity index (χ1n) is 8.17. The van der Waals surface area contributed by atoms with Gasteiger partial charge in [0.05, 0.1) is 0 Å². The van der Waals surface area contributed by atoms with Gasteiger partial charge in [-0.2, -0.15) is 0 Å². The molecule has 0 spiro atoms. The van der Waals surface area contributed by atoms with Crippen LogP contribution in [0.2, 0.25) is 0 Å². The number of hydrogen-bond acceptors (Lipinski definition) is 2. The van der Waals surface area contributed by atoms with Crippen LogP contribution in [0.5, 0.6) is 0 Å². The van der Waals surface area contributed by atoms with E-state index in [4.69, 9.17) is 0 Å². The molecule has 128 valence electrons. The zero-order valence-electron chi connectivity index (χ0n) is 15.6. The Kier molecular flexibility index (Phi) is 5.35. The van der Waals surface area contributed by atoms with Gasteiger partial charge < -0.3 is 10.4 Å². The van der Waals surface area contributed by atoms with Crippen LogP contribution in [-0.4, -0.2) is 0 Å². The zero-order valence-corrected chi connectivity index (χ0v) is 15.6. The van der Waals surface area contributed by atoms with Crippen LogP contribution < -0.4 is 0 Å². The maximum Gasteiger partial charge on any atom is 0.337 e. The van der Waals surface area contributed by atoms with Crippen molar-refractivity contribution in [2.45, 2.75) is 48.0 Å². The number of aryl methyl sites for hydroxylation is 4. The van der Waals surface area contributed by atoms with Gasteiger partial charge in [-0.25, -0.2) is 0 Å². The third-order valence-electron chi connectivity index (χ3n) is 4.93. The van der Waals surface area contributed by atoms with E-state index in [0.717, 1.165) is 55.6 Å². The molecular formula is C21H22N2O2. The summed E-state index contributed by atoms with van der Waals surface area (Å²) in [5.74, 6) is 0. The summed E-state index contributed by atoms with van der Waals surface area (Å²) >= 11 is 0. The fourth-order valence-corrected chi connectivity index (χ4v) is 3.61. The average Bonchev–Trinajstić information content (AvgIpc) is 2.54. The van der Waals surface area contributed by atoms with Crippen molar-refractivity contribution in [2.24, 2.45) is 0 Å². The maximum atomic E-state index is 10.7. The van der Waals surface area contributed by atoms with Crippen LogP contribution in [0.15, 0.2) is 12.1 Å². The lowest BCUT2D eigenvalue weighted by Crippen LogP contribution is -2.05. The summed E-state index contributed by atoms with van der Waals surface area (Å²) in [5.41, 5.74) is 10.1. The molecule has 0 radical (unpaired) electrons. The van der Waals surface area contributed by atoms with Crippen LogP contribution in [-0.2, 0) is 6.42 Å². The van der Waals surface area contributed by atoms with Crippen molar-refractivity contribution in [3.63, 3.8) is 0 Å². The van der Waals surface area contributed by atoms with Crippen molar-refractivity contribution in [1.82, 2.24) is 0 Å². The molecule has 0 aliphatic carbocycles. The first kappa shape index (κ1) is 18.4. The molecule has 0 saturated heterocycles. The Labute approximate surface area is 148 Å². The Morgan fingerprint density at radius 2 is 1.04 bits per heavy atom. The molecule has 4 nitrogen and oxygen atoms in total. The smallest absolute Gasteiger partial charge is 0.337 e. The molecule has 4 heteroatoms. The largest absolute Gasteiger partial charge is 0.498 e. The number of rotatable bonds is 2. The Bertz CT molecular complexity index is 888. The number of hydrogen-bond donors (Lipinski definition) is 0. The zero-order chi connectivity index (χ0) is 18.7. The lowest BCUT2D eigenvalue weighted by Gasteiger charge is -2.17. The highest BCUT2D eigenvalue weighted by Crippen LogP contribution is 2.29. The summed E-state index contributed by atoms with van der Waals surface area (Å²) in [6, 6.07) is 9.25.